The lowest BCUT2D eigenvalue weighted by atomic mass is 10.1. The lowest BCUT2D eigenvalue weighted by Gasteiger charge is -2.32. The molecule has 1 atom stereocenters. The van der Waals surface area contributed by atoms with Gasteiger partial charge in [-0.3, -0.25) is 13.9 Å². The highest BCUT2D eigenvalue weighted by atomic mass is 35.5. The quantitative estimate of drug-likeness (QED) is 0.286. The molecule has 0 aromatic heterocycles. The molecule has 0 spiro atoms. The normalized spacial score (nSPS) is 14.4. The lowest BCUT2D eigenvalue weighted by molar-refractivity contribution is -0.139. The first-order valence-corrected chi connectivity index (χ1v) is 15.9. The van der Waals surface area contributed by atoms with E-state index in [1.54, 1.807) is 19.1 Å². The summed E-state index contributed by atoms with van der Waals surface area (Å²) >= 11 is 12.4. The van der Waals surface area contributed by atoms with Crippen LogP contribution in [0.4, 0.5) is 5.69 Å². The van der Waals surface area contributed by atoms with Crippen LogP contribution in [0.5, 0.6) is 0 Å². The summed E-state index contributed by atoms with van der Waals surface area (Å²) in [4.78, 5) is 28.8. The Morgan fingerprint density at radius 1 is 0.951 bits per heavy atom. The number of sulfonamides is 1. The molecule has 0 bridgehead atoms. The second-order valence-electron chi connectivity index (χ2n) is 10.4. The molecule has 0 unspecified atom stereocenters. The van der Waals surface area contributed by atoms with E-state index in [0.29, 0.717) is 6.42 Å². The van der Waals surface area contributed by atoms with Crippen LogP contribution in [0.25, 0.3) is 0 Å². The summed E-state index contributed by atoms with van der Waals surface area (Å²) in [5, 5.41) is 3.49. The SMILES string of the molecule is Cc1ccc(S(=O)(=O)N(CC(=O)N(CCc2ccccc2)[C@H](C)C(=O)NC2CCCC2)c2ccc(Cl)c(Cl)c2)cc1. The van der Waals surface area contributed by atoms with Crippen molar-refractivity contribution in [3.05, 3.63) is 94.0 Å². The average molecular weight is 617 g/mol. The predicted molar refractivity (Wildman–Crippen MR) is 164 cm³/mol. The fraction of sp³-hybridized carbons (Fsp3) is 0.355. The number of carbonyl (C=O) groups excluding carboxylic acids is 2. The Balaban J connectivity index is 1.66. The molecule has 1 fully saturated rings. The molecule has 1 saturated carbocycles. The highest BCUT2D eigenvalue weighted by Crippen LogP contribution is 2.31. The summed E-state index contributed by atoms with van der Waals surface area (Å²) in [6.07, 6.45) is 4.45. The molecule has 0 aliphatic heterocycles. The Bertz CT molecular complexity index is 1460. The minimum absolute atomic E-state index is 0.0323. The molecule has 0 heterocycles. The summed E-state index contributed by atoms with van der Waals surface area (Å²) in [6, 6.07) is 19.8. The van der Waals surface area contributed by atoms with Gasteiger partial charge in [-0.25, -0.2) is 8.42 Å². The maximum Gasteiger partial charge on any atom is 0.264 e. The first-order valence-electron chi connectivity index (χ1n) is 13.7. The van der Waals surface area contributed by atoms with Crippen molar-refractivity contribution in [3.8, 4) is 0 Å². The number of aryl methyl sites for hydroxylation is 1. The summed E-state index contributed by atoms with van der Waals surface area (Å²) in [7, 11) is -4.18. The Labute approximate surface area is 252 Å². The standard InChI is InChI=1S/C31H35Cl2N3O4S/c1-22-12-15-27(16-13-22)41(39,40)36(26-14-17-28(32)29(33)20-26)21-30(37)35(19-18-24-8-4-3-5-9-24)23(2)31(38)34-25-10-6-7-11-25/h3-5,8-9,12-17,20,23,25H,6-7,10-11,18-19,21H2,1-2H3,(H,34,38)/t23-/m1/s1. The van der Waals surface area contributed by atoms with Crippen LogP contribution in [0.15, 0.2) is 77.7 Å². The Kier molecular flexibility index (Phi) is 10.3. The lowest BCUT2D eigenvalue weighted by Crippen LogP contribution is -2.53. The maximum absolute atomic E-state index is 14.0. The zero-order chi connectivity index (χ0) is 29.6. The van der Waals surface area contributed by atoms with E-state index in [1.165, 1.54) is 35.2 Å². The molecule has 4 rings (SSSR count). The van der Waals surface area contributed by atoms with Crippen molar-refractivity contribution in [1.82, 2.24) is 10.2 Å². The number of carbonyl (C=O) groups is 2. The van der Waals surface area contributed by atoms with Crippen molar-refractivity contribution in [3.63, 3.8) is 0 Å². The summed E-state index contributed by atoms with van der Waals surface area (Å²) < 4.78 is 28.9. The molecule has 218 valence electrons. The molecular formula is C31H35Cl2N3O4S. The van der Waals surface area contributed by atoms with Gasteiger partial charge in [0.15, 0.2) is 0 Å². The number of hydrogen-bond acceptors (Lipinski definition) is 4. The Hall–Kier alpha value is -3.07. The fourth-order valence-corrected chi connectivity index (χ4v) is 6.67. The molecule has 0 saturated heterocycles. The van der Waals surface area contributed by atoms with Crippen molar-refractivity contribution in [2.24, 2.45) is 0 Å². The number of hydrogen-bond donors (Lipinski definition) is 1. The number of benzene rings is 3. The number of halogens is 2. The van der Waals surface area contributed by atoms with Gasteiger partial charge in [0, 0.05) is 12.6 Å². The molecular weight excluding hydrogens is 581 g/mol. The van der Waals surface area contributed by atoms with E-state index in [9.17, 15) is 18.0 Å². The van der Waals surface area contributed by atoms with Gasteiger partial charge in [-0.05, 0) is 69.0 Å². The van der Waals surface area contributed by atoms with Crippen molar-refractivity contribution in [2.75, 3.05) is 17.4 Å². The number of nitrogens with one attached hydrogen (secondary N) is 1. The maximum atomic E-state index is 14.0. The van der Waals surface area contributed by atoms with Gasteiger partial charge in [-0.2, -0.15) is 0 Å². The number of rotatable bonds is 11. The summed E-state index contributed by atoms with van der Waals surface area (Å²) in [5.41, 5.74) is 2.09. The third-order valence-electron chi connectivity index (χ3n) is 7.43. The van der Waals surface area contributed by atoms with Crippen molar-refractivity contribution < 1.29 is 18.0 Å². The molecule has 7 nitrogen and oxygen atoms in total. The minimum atomic E-state index is -4.18. The zero-order valence-electron chi connectivity index (χ0n) is 23.2. The zero-order valence-corrected chi connectivity index (χ0v) is 25.6. The van der Waals surface area contributed by atoms with Crippen LogP contribution in [0.2, 0.25) is 10.0 Å². The van der Waals surface area contributed by atoms with Crippen molar-refractivity contribution >= 4 is 50.7 Å². The minimum Gasteiger partial charge on any atom is -0.352 e. The van der Waals surface area contributed by atoms with E-state index < -0.39 is 28.5 Å². The third-order valence-corrected chi connectivity index (χ3v) is 9.96. The van der Waals surface area contributed by atoms with Crippen LogP contribution in [0.3, 0.4) is 0 Å². The van der Waals surface area contributed by atoms with Gasteiger partial charge in [0.25, 0.3) is 10.0 Å². The van der Waals surface area contributed by atoms with Gasteiger partial charge in [-0.1, -0.05) is 84.1 Å². The fourth-order valence-electron chi connectivity index (χ4n) is 4.97. The van der Waals surface area contributed by atoms with E-state index in [0.717, 1.165) is 41.1 Å². The molecule has 0 radical (unpaired) electrons. The number of nitrogens with zero attached hydrogens (tertiary/aromatic N) is 2. The number of amides is 2. The Morgan fingerprint density at radius 3 is 2.24 bits per heavy atom. The van der Waals surface area contributed by atoms with Gasteiger partial charge >= 0.3 is 0 Å². The van der Waals surface area contributed by atoms with Gasteiger partial charge in [0.1, 0.15) is 12.6 Å². The van der Waals surface area contributed by atoms with Gasteiger partial charge in [0.2, 0.25) is 11.8 Å². The number of anilines is 1. The second kappa shape index (κ2) is 13.7. The monoisotopic (exact) mass is 615 g/mol. The molecule has 3 aromatic rings. The molecule has 1 aliphatic rings. The summed E-state index contributed by atoms with van der Waals surface area (Å²) in [6.45, 7) is 3.26. The topological polar surface area (TPSA) is 86.8 Å². The van der Waals surface area contributed by atoms with Crippen LogP contribution < -0.4 is 9.62 Å². The Morgan fingerprint density at radius 2 is 1.61 bits per heavy atom. The van der Waals surface area contributed by atoms with Crippen LogP contribution >= 0.6 is 23.2 Å². The first kappa shape index (κ1) is 30.9. The predicted octanol–water partition coefficient (Wildman–Crippen LogP) is 6.02. The third kappa shape index (κ3) is 7.82. The largest absolute Gasteiger partial charge is 0.352 e. The van der Waals surface area contributed by atoms with E-state index >= 15 is 0 Å². The van der Waals surface area contributed by atoms with Crippen LogP contribution in [0.1, 0.15) is 43.7 Å². The van der Waals surface area contributed by atoms with Crippen molar-refractivity contribution in [1.29, 1.82) is 0 Å². The second-order valence-corrected chi connectivity index (χ2v) is 13.1. The molecule has 3 aromatic carbocycles. The van der Waals surface area contributed by atoms with E-state index in [2.05, 4.69) is 5.32 Å². The first-order chi connectivity index (χ1) is 19.6. The smallest absolute Gasteiger partial charge is 0.264 e. The van der Waals surface area contributed by atoms with Crippen LogP contribution in [-0.2, 0) is 26.0 Å². The van der Waals surface area contributed by atoms with Gasteiger partial charge in [0.05, 0.1) is 20.6 Å². The van der Waals surface area contributed by atoms with Crippen molar-refractivity contribution in [2.45, 2.75) is 62.9 Å². The molecule has 2 amide bonds. The highest BCUT2D eigenvalue weighted by Gasteiger charge is 2.33. The molecule has 41 heavy (non-hydrogen) atoms. The van der Waals surface area contributed by atoms with E-state index in [-0.39, 0.29) is 39.1 Å². The van der Waals surface area contributed by atoms with Crippen LogP contribution in [-0.4, -0.2) is 50.3 Å². The van der Waals surface area contributed by atoms with Gasteiger partial charge in [-0.15, -0.1) is 0 Å². The van der Waals surface area contributed by atoms with Gasteiger partial charge < -0.3 is 10.2 Å². The summed E-state index contributed by atoms with van der Waals surface area (Å²) in [5.74, 6) is -0.752. The average Bonchev–Trinajstić information content (AvgIpc) is 3.47. The van der Waals surface area contributed by atoms with E-state index in [1.807, 2.05) is 37.3 Å². The highest BCUT2D eigenvalue weighted by molar-refractivity contribution is 7.92. The molecule has 10 heteroatoms. The van der Waals surface area contributed by atoms with E-state index in [4.69, 9.17) is 23.2 Å². The van der Waals surface area contributed by atoms with Crippen LogP contribution in [0, 0.1) is 6.92 Å². The molecule has 1 aliphatic carbocycles. The molecule has 1 N–H and O–H groups in total.